The normalized spacial score (nSPS) is 10.8. The fraction of sp³-hybridized carbons (Fsp3) is 0.211. The summed E-state index contributed by atoms with van der Waals surface area (Å²) in [6.07, 6.45) is 0. The molecular weight excluding hydrogens is 288 g/mol. The number of benzene rings is 2. The van der Waals surface area contributed by atoms with Crippen LogP contribution in [0.5, 0.6) is 5.75 Å². The molecule has 0 unspecified atom stereocenters. The zero-order valence-electron chi connectivity index (χ0n) is 13.8. The van der Waals surface area contributed by atoms with Crippen molar-refractivity contribution in [1.82, 2.24) is 4.98 Å². The number of rotatable bonds is 3. The number of hydrogen-bond donors (Lipinski definition) is 2. The Labute approximate surface area is 135 Å². The number of aromatic amines is 1. The molecule has 0 aliphatic heterocycles. The SMILES string of the molecule is COc1ccc(C)cc1NC(=O)c1[nH]c2ccc(C)cc2c1C. The minimum Gasteiger partial charge on any atom is -0.495 e. The molecule has 0 bridgehead atoms. The number of hydrogen-bond acceptors (Lipinski definition) is 2. The third-order valence-corrected chi connectivity index (χ3v) is 4.04. The molecule has 2 aromatic carbocycles. The Morgan fingerprint density at radius 2 is 1.74 bits per heavy atom. The van der Waals surface area contributed by atoms with E-state index in [0.29, 0.717) is 17.1 Å². The summed E-state index contributed by atoms with van der Waals surface area (Å²) in [6, 6.07) is 11.8. The zero-order valence-corrected chi connectivity index (χ0v) is 13.8. The first-order valence-electron chi connectivity index (χ1n) is 7.54. The van der Waals surface area contributed by atoms with Crippen LogP contribution in [0, 0.1) is 20.8 Å². The van der Waals surface area contributed by atoms with E-state index in [9.17, 15) is 4.79 Å². The van der Waals surface area contributed by atoms with Gasteiger partial charge in [0.05, 0.1) is 12.8 Å². The molecule has 1 heterocycles. The fourth-order valence-electron chi connectivity index (χ4n) is 2.77. The zero-order chi connectivity index (χ0) is 16.6. The quantitative estimate of drug-likeness (QED) is 0.755. The van der Waals surface area contributed by atoms with Gasteiger partial charge in [-0.25, -0.2) is 0 Å². The Hall–Kier alpha value is -2.75. The van der Waals surface area contributed by atoms with Gasteiger partial charge in [0.15, 0.2) is 0 Å². The number of amides is 1. The minimum absolute atomic E-state index is 0.166. The number of carbonyl (C=O) groups excluding carboxylic acids is 1. The first-order valence-corrected chi connectivity index (χ1v) is 7.54. The molecular formula is C19H20N2O2. The van der Waals surface area contributed by atoms with Crippen molar-refractivity contribution in [3.8, 4) is 5.75 Å². The lowest BCUT2D eigenvalue weighted by atomic mass is 10.1. The number of ether oxygens (including phenoxy) is 1. The van der Waals surface area contributed by atoms with Crippen LogP contribution in [0.4, 0.5) is 5.69 Å². The Kier molecular flexibility index (Phi) is 3.82. The second-order valence-electron chi connectivity index (χ2n) is 5.83. The van der Waals surface area contributed by atoms with Crippen molar-refractivity contribution >= 4 is 22.5 Å². The Bertz CT molecular complexity index is 894. The smallest absolute Gasteiger partial charge is 0.272 e. The maximum Gasteiger partial charge on any atom is 0.272 e. The van der Waals surface area contributed by atoms with E-state index in [0.717, 1.165) is 22.0 Å². The maximum absolute atomic E-state index is 12.7. The van der Waals surface area contributed by atoms with E-state index in [1.165, 1.54) is 5.56 Å². The molecule has 4 nitrogen and oxygen atoms in total. The second-order valence-corrected chi connectivity index (χ2v) is 5.83. The van der Waals surface area contributed by atoms with Crippen LogP contribution in [-0.2, 0) is 0 Å². The molecule has 1 aromatic heterocycles. The molecule has 0 aliphatic carbocycles. The summed E-state index contributed by atoms with van der Waals surface area (Å²) >= 11 is 0. The summed E-state index contributed by atoms with van der Waals surface area (Å²) in [5, 5.41) is 4.02. The molecule has 0 aliphatic rings. The molecule has 0 saturated heterocycles. The van der Waals surface area contributed by atoms with Gasteiger partial charge in [0.2, 0.25) is 0 Å². The van der Waals surface area contributed by atoms with Gasteiger partial charge in [-0.1, -0.05) is 17.7 Å². The van der Waals surface area contributed by atoms with Gasteiger partial charge in [-0.3, -0.25) is 4.79 Å². The van der Waals surface area contributed by atoms with Gasteiger partial charge in [-0.05, 0) is 56.2 Å². The molecule has 0 saturated carbocycles. The van der Waals surface area contributed by atoms with Crippen LogP contribution < -0.4 is 10.1 Å². The van der Waals surface area contributed by atoms with Crippen molar-refractivity contribution in [1.29, 1.82) is 0 Å². The van der Waals surface area contributed by atoms with E-state index in [1.807, 2.05) is 51.1 Å². The number of methoxy groups -OCH3 is 1. The lowest BCUT2D eigenvalue weighted by Gasteiger charge is -2.10. The van der Waals surface area contributed by atoms with E-state index in [-0.39, 0.29) is 5.91 Å². The van der Waals surface area contributed by atoms with Crippen molar-refractivity contribution in [3.63, 3.8) is 0 Å². The topological polar surface area (TPSA) is 54.1 Å². The first-order chi connectivity index (χ1) is 11.0. The van der Waals surface area contributed by atoms with Crippen molar-refractivity contribution in [3.05, 3.63) is 58.8 Å². The molecule has 0 spiro atoms. The maximum atomic E-state index is 12.7. The average Bonchev–Trinajstić information content (AvgIpc) is 2.84. The van der Waals surface area contributed by atoms with Gasteiger partial charge in [-0.15, -0.1) is 0 Å². The van der Waals surface area contributed by atoms with Crippen LogP contribution in [-0.4, -0.2) is 18.0 Å². The van der Waals surface area contributed by atoms with Crippen LogP contribution in [0.25, 0.3) is 10.9 Å². The molecule has 4 heteroatoms. The van der Waals surface area contributed by atoms with Gasteiger partial charge in [0.1, 0.15) is 11.4 Å². The molecule has 0 fully saturated rings. The Balaban J connectivity index is 1.98. The summed E-state index contributed by atoms with van der Waals surface area (Å²) in [7, 11) is 1.59. The van der Waals surface area contributed by atoms with Gasteiger partial charge >= 0.3 is 0 Å². The number of H-pyrrole nitrogens is 1. The number of fused-ring (bicyclic) bond motifs is 1. The van der Waals surface area contributed by atoms with E-state index in [4.69, 9.17) is 4.74 Å². The molecule has 2 N–H and O–H groups in total. The van der Waals surface area contributed by atoms with Gasteiger partial charge in [0, 0.05) is 10.9 Å². The predicted octanol–water partition coefficient (Wildman–Crippen LogP) is 4.35. The molecule has 0 atom stereocenters. The lowest BCUT2D eigenvalue weighted by molar-refractivity contribution is 0.102. The summed E-state index contributed by atoms with van der Waals surface area (Å²) in [4.78, 5) is 15.9. The first kappa shape index (κ1) is 15.2. The van der Waals surface area contributed by atoms with Crippen molar-refractivity contribution in [2.24, 2.45) is 0 Å². The predicted molar refractivity (Wildman–Crippen MR) is 93.5 cm³/mol. The summed E-state index contributed by atoms with van der Waals surface area (Å²) in [5.41, 5.74) is 5.40. The highest BCUT2D eigenvalue weighted by molar-refractivity contribution is 6.08. The van der Waals surface area contributed by atoms with Crippen LogP contribution in [0.15, 0.2) is 36.4 Å². The van der Waals surface area contributed by atoms with Crippen LogP contribution in [0.1, 0.15) is 27.2 Å². The van der Waals surface area contributed by atoms with E-state index < -0.39 is 0 Å². The Morgan fingerprint density at radius 1 is 1.04 bits per heavy atom. The molecule has 0 radical (unpaired) electrons. The number of nitrogens with one attached hydrogen (secondary N) is 2. The monoisotopic (exact) mass is 308 g/mol. The number of aromatic nitrogens is 1. The van der Waals surface area contributed by atoms with E-state index >= 15 is 0 Å². The Morgan fingerprint density at radius 3 is 2.48 bits per heavy atom. The van der Waals surface area contributed by atoms with E-state index in [2.05, 4.69) is 16.4 Å². The van der Waals surface area contributed by atoms with Crippen LogP contribution in [0.3, 0.4) is 0 Å². The molecule has 1 amide bonds. The fourth-order valence-corrected chi connectivity index (χ4v) is 2.77. The van der Waals surface area contributed by atoms with E-state index in [1.54, 1.807) is 7.11 Å². The van der Waals surface area contributed by atoms with Gasteiger partial charge in [-0.2, -0.15) is 0 Å². The summed E-state index contributed by atoms with van der Waals surface area (Å²) < 4.78 is 5.32. The molecule has 23 heavy (non-hydrogen) atoms. The summed E-state index contributed by atoms with van der Waals surface area (Å²) in [6.45, 7) is 5.98. The highest BCUT2D eigenvalue weighted by Crippen LogP contribution is 2.27. The van der Waals surface area contributed by atoms with Crippen molar-refractivity contribution < 1.29 is 9.53 Å². The number of aryl methyl sites for hydroxylation is 3. The molecule has 3 aromatic rings. The second kappa shape index (κ2) is 5.80. The van der Waals surface area contributed by atoms with Gasteiger partial charge < -0.3 is 15.0 Å². The average molecular weight is 308 g/mol. The third kappa shape index (κ3) is 2.80. The molecule has 3 rings (SSSR count). The van der Waals surface area contributed by atoms with Gasteiger partial charge in [0.25, 0.3) is 5.91 Å². The number of anilines is 1. The third-order valence-electron chi connectivity index (χ3n) is 4.04. The largest absolute Gasteiger partial charge is 0.495 e. The van der Waals surface area contributed by atoms with Crippen molar-refractivity contribution in [2.45, 2.75) is 20.8 Å². The minimum atomic E-state index is -0.166. The lowest BCUT2D eigenvalue weighted by Crippen LogP contribution is -2.14. The van der Waals surface area contributed by atoms with Crippen molar-refractivity contribution in [2.75, 3.05) is 12.4 Å². The number of carbonyl (C=O) groups is 1. The van der Waals surface area contributed by atoms with Crippen LogP contribution >= 0.6 is 0 Å². The summed E-state index contributed by atoms with van der Waals surface area (Å²) in [5.74, 6) is 0.480. The highest BCUT2D eigenvalue weighted by Gasteiger charge is 2.16. The highest BCUT2D eigenvalue weighted by atomic mass is 16.5. The molecule has 118 valence electrons. The van der Waals surface area contributed by atoms with Crippen LogP contribution in [0.2, 0.25) is 0 Å². The standard InChI is InChI=1S/C19H20N2O2/c1-11-5-7-15-14(9-11)13(3)18(20-15)19(22)21-16-10-12(2)6-8-17(16)23-4/h5-10,20H,1-4H3,(H,21,22).